The van der Waals surface area contributed by atoms with E-state index in [4.69, 9.17) is 21.1 Å². The Kier molecular flexibility index (Phi) is 4.28. The summed E-state index contributed by atoms with van der Waals surface area (Å²) >= 11 is 5.38. The summed E-state index contributed by atoms with van der Waals surface area (Å²) in [7, 11) is 3.05. The fourth-order valence-corrected chi connectivity index (χ4v) is 2.02. The molecule has 6 nitrogen and oxygen atoms in total. The summed E-state index contributed by atoms with van der Waals surface area (Å²) in [5.74, 6) is 1.10. The van der Waals surface area contributed by atoms with Crippen LogP contribution in [0.2, 0.25) is 0 Å². The van der Waals surface area contributed by atoms with E-state index < -0.39 is 10.7 Å². The van der Waals surface area contributed by atoms with Crippen molar-refractivity contribution in [1.29, 1.82) is 0 Å². The standard InChI is InChI=1S/C14H13ClN2O4/c1-8-6-11(18)13(14(15)19)16-17(8)10-5-4-9(20-2)7-12(10)21-3/h4-7H,1-3H3. The zero-order chi connectivity index (χ0) is 15.6. The summed E-state index contributed by atoms with van der Waals surface area (Å²) in [5.41, 5.74) is 0.261. The third kappa shape index (κ3) is 2.90. The van der Waals surface area contributed by atoms with Gasteiger partial charge in [-0.2, -0.15) is 5.10 Å². The van der Waals surface area contributed by atoms with Crippen LogP contribution < -0.4 is 14.9 Å². The monoisotopic (exact) mass is 308 g/mol. The second-order valence-electron chi connectivity index (χ2n) is 4.22. The van der Waals surface area contributed by atoms with E-state index in [0.717, 1.165) is 0 Å². The predicted octanol–water partition coefficient (Wildman–Crippen LogP) is 1.94. The number of carbonyl (C=O) groups excluding carboxylic acids is 1. The predicted molar refractivity (Wildman–Crippen MR) is 77.9 cm³/mol. The first-order valence-electron chi connectivity index (χ1n) is 6.01. The topological polar surface area (TPSA) is 70.4 Å². The van der Waals surface area contributed by atoms with E-state index >= 15 is 0 Å². The van der Waals surface area contributed by atoms with E-state index in [0.29, 0.717) is 22.9 Å². The highest BCUT2D eigenvalue weighted by molar-refractivity contribution is 6.67. The van der Waals surface area contributed by atoms with Crippen molar-refractivity contribution in [3.8, 4) is 17.2 Å². The Morgan fingerprint density at radius 3 is 2.52 bits per heavy atom. The lowest BCUT2D eigenvalue weighted by Crippen LogP contribution is -2.21. The van der Waals surface area contributed by atoms with E-state index in [9.17, 15) is 9.59 Å². The van der Waals surface area contributed by atoms with Crippen LogP contribution in [-0.4, -0.2) is 29.2 Å². The minimum absolute atomic E-state index is 0.333. The number of aryl methyl sites for hydroxylation is 1. The number of aromatic nitrogens is 2. The number of hydrogen-bond acceptors (Lipinski definition) is 5. The molecule has 0 saturated heterocycles. The number of methoxy groups -OCH3 is 2. The Morgan fingerprint density at radius 1 is 1.24 bits per heavy atom. The van der Waals surface area contributed by atoms with Crippen LogP contribution in [0.4, 0.5) is 0 Å². The van der Waals surface area contributed by atoms with Gasteiger partial charge in [-0.25, -0.2) is 4.68 Å². The van der Waals surface area contributed by atoms with E-state index in [-0.39, 0.29) is 5.69 Å². The fraction of sp³-hybridized carbons (Fsp3) is 0.214. The minimum atomic E-state index is -0.902. The average molecular weight is 309 g/mol. The number of benzene rings is 1. The summed E-state index contributed by atoms with van der Waals surface area (Å²) in [6.45, 7) is 1.69. The van der Waals surface area contributed by atoms with Crippen LogP contribution in [-0.2, 0) is 0 Å². The summed E-state index contributed by atoms with van der Waals surface area (Å²) in [6, 6.07) is 6.41. The van der Waals surface area contributed by atoms with E-state index in [1.165, 1.54) is 17.9 Å². The molecule has 0 fully saturated rings. The average Bonchev–Trinajstić information content (AvgIpc) is 2.46. The summed E-state index contributed by atoms with van der Waals surface area (Å²) in [4.78, 5) is 22.9. The van der Waals surface area contributed by atoms with Crippen molar-refractivity contribution in [3.63, 3.8) is 0 Å². The maximum atomic E-state index is 11.7. The van der Waals surface area contributed by atoms with Gasteiger partial charge < -0.3 is 9.47 Å². The van der Waals surface area contributed by atoms with Gasteiger partial charge in [-0.3, -0.25) is 9.59 Å². The van der Waals surface area contributed by atoms with Crippen LogP contribution in [0, 0.1) is 6.92 Å². The molecule has 0 radical (unpaired) electrons. The van der Waals surface area contributed by atoms with Gasteiger partial charge in [0.15, 0.2) is 5.69 Å². The third-order valence-corrected chi connectivity index (χ3v) is 3.09. The normalized spacial score (nSPS) is 10.3. The summed E-state index contributed by atoms with van der Waals surface area (Å²) in [6.07, 6.45) is 0. The molecule has 0 amide bonds. The summed E-state index contributed by atoms with van der Waals surface area (Å²) in [5, 5.41) is 3.11. The zero-order valence-corrected chi connectivity index (χ0v) is 12.5. The molecule has 21 heavy (non-hydrogen) atoms. The van der Waals surface area contributed by atoms with Crippen molar-refractivity contribution in [1.82, 2.24) is 9.78 Å². The molecule has 0 aliphatic carbocycles. The lowest BCUT2D eigenvalue weighted by Gasteiger charge is -2.14. The van der Waals surface area contributed by atoms with Gasteiger partial charge in [0.1, 0.15) is 17.2 Å². The van der Waals surface area contributed by atoms with Gasteiger partial charge in [0.25, 0.3) is 5.24 Å². The number of nitrogens with zero attached hydrogens (tertiary/aromatic N) is 2. The van der Waals surface area contributed by atoms with E-state index in [1.807, 2.05) is 0 Å². The number of halogens is 1. The van der Waals surface area contributed by atoms with Gasteiger partial charge in [0.2, 0.25) is 5.43 Å². The number of carbonyl (C=O) groups is 1. The largest absolute Gasteiger partial charge is 0.497 e. The second kappa shape index (κ2) is 5.97. The molecule has 0 spiro atoms. The minimum Gasteiger partial charge on any atom is -0.497 e. The molecule has 0 bridgehead atoms. The first-order valence-corrected chi connectivity index (χ1v) is 6.39. The lowest BCUT2D eigenvalue weighted by atomic mass is 10.2. The molecule has 0 aliphatic heterocycles. The Bertz CT molecular complexity index is 755. The highest BCUT2D eigenvalue weighted by atomic mass is 35.5. The molecule has 0 N–H and O–H groups in total. The molecule has 1 aromatic carbocycles. The molecule has 1 heterocycles. The Morgan fingerprint density at radius 2 is 1.95 bits per heavy atom. The number of ether oxygens (including phenoxy) is 2. The lowest BCUT2D eigenvalue weighted by molar-refractivity contribution is 0.107. The third-order valence-electron chi connectivity index (χ3n) is 2.91. The maximum Gasteiger partial charge on any atom is 0.276 e. The van der Waals surface area contributed by atoms with Gasteiger partial charge in [-0.1, -0.05) is 0 Å². The molecule has 2 rings (SSSR count). The second-order valence-corrected chi connectivity index (χ2v) is 4.57. The van der Waals surface area contributed by atoms with Gasteiger partial charge in [0.05, 0.1) is 14.2 Å². The summed E-state index contributed by atoms with van der Waals surface area (Å²) < 4.78 is 11.8. The van der Waals surface area contributed by atoms with Crippen molar-refractivity contribution < 1.29 is 14.3 Å². The molecule has 0 aliphatic rings. The SMILES string of the molecule is COc1ccc(-n2nc(C(=O)Cl)c(=O)cc2C)c(OC)c1. The van der Waals surface area contributed by atoms with Crippen molar-refractivity contribution in [2.45, 2.75) is 6.92 Å². The van der Waals surface area contributed by atoms with Crippen LogP contribution >= 0.6 is 11.6 Å². The number of rotatable bonds is 4. The first-order chi connectivity index (χ1) is 9.97. The van der Waals surface area contributed by atoms with Crippen molar-refractivity contribution in [3.05, 3.63) is 45.9 Å². The molecule has 2 aromatic rings. The highest BCUT2D eigenvalue weighted by Crippen LogP contribution is 2.27. The quantitative estimate of drug-likeness (QED) is 0.807. The van der Waals surface area contributed by atoms with Crippen LogP contribution in [0.3, 0.4) is 0 Å². The smallest absolute Gasteiger partial charge is 0.276 e. The van der Waals surface area contributed by atoms with Crippen LogP contribution in [0.15, 0.2) is 29.1 Å². The number of hydrogen-bond donors (Lipinski definition) is 0. The van der Waals surface area contributed by atoms with E-state index in [1.54, 1.807) is 32.2 Å². The molecule has 0 atom stereocenters. The van der Waals surface area contributed by atoms with Gasteiger partial charge in [-0.15, -0.1) is 0 Å². The molecule has 0 saturated carbocycles. The van der Waals surface area contributed by atoms with Gasteiger partial charge in [-0.05, 0) is 30.7 Å². The molecular weight excluding hydrogens is 296 g/mol. The Hall–Kier alpha value is -2.34. The fourth-order valence-electron chi connectivity index (χ4n) is 1.89. The van der Waals surface area contributed by atoms with E-state index in [2.05, 4.69) is 5.10 Å². The highest BCUT2D eigenvalue weighted by Gasteiger charge is 2.15. The van der Waals surface area contributed by atoms with Crippen LogP contribution in [0.1, 0.15) is 16.2 Å². The first kappa shape index (κ1) is 15.1. The Labute approximate surface area is 125 Å². The molecule has 0 unspecified atom stereocenters. The molecule has 110 valence electrons. The van der Waals surface area contributed by atoms with Crippen molar-refractivity contribution >= 4 is 16.8 Å². The van der Waals surface area contributed by atoms with Crippen LogP contribution in [0.25, 0.3) is 5.69 Å². The van der Waals surface area contributed by atoms with Gasteiger partial charge >= 0.3 is 0 Å². The van der Waals surface area contributed by atoms with Gasteiger partial charge in [0, 0.05) is 17.8 Å². The van der Waals surface area contributed by atoms with Crippen molar-refractivity contribution in [2.75, 3.05) is 14.2 Å². The molecular formula is C14H13ClN2O4. The Balaban J connectivity index is 2.69. The van der Waals surface area contributed by atoms with Crippen LogP contribution in [0.5, 0.6) is 11.5 Å². The maximum absolute atomic E-state index is 11.7. The van der Waals surface area contributed by atoms with Crippen molar-refractivity contribution in [2.24, 2.45) is 0 Å². The zero-order valence-electron chi connectivity index (χ0n) is 11.7. The molecule has 7 heteroatoms. The molecule has 1 aromatic heterocycles.